The first-order valence-electron chi connectivity index (χ1n) is 11.1. The Morgan fingerprint density at radius 3 is 2.71 bits per heavy atom. The van der Waals surface area contributed by atoms with Crippen molar-refractivity contribution in [3.63, 3.8) is 0 Å². The molecule has 3 heterocycles. The summed E-state index contributed by atoms with van der Waals surface area (Å²) in [7, 11) is 0. The highest BCUT2D eigenvalue weighted by Gasteiger charge is 2.50. The molecule has 2 aliphatic rings. The number of aromatic nitrogens is 1. The van der Waals surface area contributed by atoms with Gasteiger partial charge in [-0.15, -0.1) is 0 Å². The van der Waals surface area contributed by atoms with E-state index in [-0.39, 0.29) is 30.1 Å². The summed E-state index contributed by atoms with van der Waals surface area (Å²) in [6, 6.07) is 9.18. The van der Waals surface area contributed by atoms with Crippen LogP contribution >= 0.6 is 0 Å². The van der Waals surface area contributed by atoms with Crippen molar-refractivity contribution in [1.29, 1.82) is 0 Å². The summed E-state index contributed by atoms with van der Waals surface area (Å²) in [5.41, 5.74) is 7.68. The van der Waals surface area contributed by atoms with E-state index in [4.69, 9.17) is 20.3 Å². The van der Waals surface area contributed by atoms with Crippen LogP contribution in [0.3, 0.4) is 0 Å². The Morgan fingerprint density at radius 2 is 2.03 bits per heavy atom. The lowest BCUT2D eigenvalue weighted by Gasteiger charge is -2.35. The summed E-state index contributed by atoms with van der Waals surface area (Å²) in [4.78, 5) is 49.5. The molecule has 1 aromatic heterocycles. The number of allylic oxidation sites excluding steroid dienone is 1. The topological polar surface area (TPSA) is 138 Å². The first kappa shape index (κ1) is 23.3. The van der Waals surface area contributed by atoms with E-state index in [2.05, 4.69) is 0 Å². The molecule has 4 rings (SSSR count). The highest BCUT2D eigenvalue weighted by atomic mass is 16.6. The van der Waals surface area contributed by atoms with Crippen LogP contribution < -0.4 is 11.3 Å². The summed E-state index contributed by atoms with van der Waals surface area (Å²) < 4.78 is 12.5. The maximum Gasteiger partial charge on any atom is 0.355 e. The minimum absolute atomic E-state index is 0.0398. The van der Waals surface area contributed by atoms with E-state index in [1.807, 2.05) is 31.2 Å². The average molecular weight is 466 g/mol. The number of nitrogens with two attached hydrogens (primary N) is 1. The largest absolute Gasteiger partial charge is 0.481 e. The van der Waals surface area contributed by atoms with Crippen molar-refractivity contribution >= 4 is 29.7 Å². The van der Waals surface area contributed by atoms with E-state index in [0.717, 1.165) is 11.1 Å². The maximum atomic E-state index is 13.4. The minimum atomic E-state index is -1.80. The van der Waals surface area contributed by atoms with Crippen molar-refractivity contribution in [3.8, 4) is 0 Å². The molecule has 2 atom stereocenters. The molecule has 1 aromatic carbocycles. The molecule has 34 heavy (non-hydrogen) atoms. The number of fused-ring (bicyclic) bond motifs is 2. The molecule has 0 radical (unpaired) electrons. The van der Waals surface area contributed by atoms with Gasteiger partial charge in [0.15, 0.2) is 0 Å². The van der Waals surface area contributed by atoms with Crippen molar-refractivity contribution in [3.05, 3.63) is 68.6 Å². The van der Waals surface area contributed by atoms with Crippen LogP contribution in [-0.4, -0.2) is 27.6 Å². The fraction of sp³-hybridized carbons (Fsp3) is 0.360. The second-order valence-electron chi connectivity index (χ2n) is 8.55. The molecular formula is C25H26N2O7. The Kier molecular flexibility index (Phi) is 6.03. The number of rotatable bonds is 6. The number of carbonyl (C=O) groups is 3. The third-order valence-electron chi connectivity index (χ3n) is 6.55. The number of nitrogen functional groups attached to an aromatic ring is 1. The van der Waals surface area contributed by atoms with E-state index in [1.54, 1.807) is 23.6 Å². The zero-order valence-electron chi connectivity index (χ0n) is 19.0. The smallest absolute Gasteiger partial charge is 0.355 e. The van der Waals surface area contributed by atoms with Gasteiger partial charge in [0, 0.05) is 29.4 Å². The lowest BCUT2D eigenvalue weighted by molar-refractivity contribution is -0.189. The number of carbonyl (C=O) groups excluding carboxylic acids is 2. The fourth-order valence-corrected chi connectivity index (χ4v) is 4.57. The second-order valence-corrected chi connectivity index (χ2v) is 8.55. The lowest BCUT2D eigenvalue weighted by Crippen LogP contribution is -2.47. The molecule has 0 spiro atoms. The van der Waals surface area contributed by atoms with Gasteiger partial charge in [-0.1, -0.05) is 38.1 Å². The number of hydrogen-bond acceptors (Lipinski definition) is 7. The quantitative estimate of drug-likeness (QED) is 0.490. The minimum Gasteiger partial charge on any atom is -0.481 e. The Morgan fingerprint density at radius 1 is 1.29 bits per heavy atom. The zero-order chi connectivity index (χ0) is 24.6. The molecule has 0 bridgehead atoms. The molecule has 9 heteroatoms. The van der Waals surface area contributed by atoms with Crippen LogP contribution in [0.1, 0.15) is 61.4 Å². The van der Waals surface area contributed by atoms with Gasteiger partial charge in [-0.3, -0.25) is 14.4 Å². The van der Waals surface area contributed by atoms with E-state index >= 15 is 0 Å². The number of carboxylic acid groups (broad SMARTS) is 1. The molecule has 0 amide bonds. The number of pyridine rings is 1. The van der Waals surface area contributed by atoms with Gasteiger partial charge in [0.05, 0.1) is 18.4 Å². The van der Waals surface area contributed by atoms with Crippen LogP contribution in [-0.2, 0) is 42.6 Å². The third-order valence-corrected chi connectivity index (χ3v) is 6.55. The number of hydrogen-bond donors (Lipinski definition) is 2. The number of carboxylic acids is 1. The van der Waals surface area contributed by atoms with Crippen LogP contribution in [0.5, 0.6) is 0 Å². The molecule has 2 aliphatic heterocycles. The van der Waals surface area contributed by atoms with Gasteiger partial charge in [-0.2, -0.15) is 0 Å². The van der Waals surface area contributed by atoms with Crippen molar-refractivity contribution in [2.75, 3.05) is 5.73 Å². The molecular weight excluding hydrogens is 440 g/mol. The number of esters is 2. The number of benzene rings is 1. The highest BCUT2D eigenvalue weighted by Crippen LogP contribution is 2.41. The van der Waals surface area contributed by atoms with E-state index in [9.17, 15) is 19.2 Å². The van der Waals surface area contributed by atoms with Crippen LogP contribution in [0.15, 0.2) is 40.7 Å². The van der Waals surface area contributed by atoms with Gasteiger partial charge in [0.2, 0.25) is 5.60 Å². The van der Waals surface area contributed by atoms with Crippen LogP contribution in [0.2, 0.25) is 0 Å². The lowest BCUT2D eigenvalue weighted by atomic mass is 9.84. The first-order valence-corrected chi connectivity index (χ1v) is 11.1. The van der Waals surface area contributed by atoms with E-state index in [0.29, 0.717) is 23.5 Å². The predicted octanol–water partition coefficient (Wildman–Crippen LogP) is 2.70. The van der Waals surface area contributed by atoms with Gasteiger partial charge in [-0.05, 0) is 29.7 Å². The number of cyclic esters (lactones) is 1. The Balaban J connectivity index is 1.78. The van der Waals surface area contributed by atoms with Crippen LogP contribution in [0.4, 0.5) is 5.69 Å². The standard InChI is InChI=1S/C25H26N2O7/c1-3-25(34-22(30)9-8-21(28)29)18-11-20-14(2)16(10-15-6-4-5-7-19(15)26)12-27(20)23(31)17(18)13-33-24(25)32/h4-7,10-11,14H,3,8-9,12-13,26H2,1-2H3,(H,28,29)/b16-10-. The third kappa shape index (κ3) is 3.87. The SMILES string of the molecule is CCC1(OC(=O)CCC(=O)O)C(=O)OCc2c1cc1n(c2=O)C/C(=C/c2ccccc2N)C1C. The molecule has 2 aromatic rings. The maximum absolute atomic E-state index is 13.4. The Labute approximate surface area is 195 Å². The highest BCUT2D eigenvalue weighted by molar-refractivity contribution is 5.87. The molecule has 0 aliphatic carbocycles. The summed E-state index contributed by atoms with van der Waals surface area (Å²) in [5.74, 6) is -2.91. The fourth-order valence-electron chi connectivity index (χ4n) is 4.57. The summed E-state index contributed by atoms with van der Waals surface area (Å²) in [6.07, 6.45) is 1.18. The Bertz CT molecular complexity index is 1280. The van der Waals surface area contributed by atoms with E-state index < -0.39 is 36.4 Å². The van der Waals surface area contributed by atoms with Crippen molar-refractivity contribution in [1.82, 2.24) is 4.57 Å². The number of nitrogens with zero attached hydrogens (tertiary/aromatic N) is 1. The Hall–Kier alpha value is -3.88. The summed E-state index contributed by atoms with van der Waals surface area (Å²) in [5, 5.41) is 8.86. The zero-order valence-corrected chi connectivity index (χ0v) is 19.0. The number of para-hydroxylation sites is 1. The molecule has 3 N–H and O–H groups in total. The van der Waals surface area contributed by atoms with Gasteiger partial charge >= 0.3 is 17.9 Å². The van der Waals surface area contributed by atoms with Gasteiger partial charge in [0.25, 0.3) is 5.56 Å². The van der Waals surface area contributed by atoms with Gasteiger partial charge in [0.1, 0.15) is 6.61 Å². The number of anilines is 1. The normalized spacial score (nSPS) is 22.1. The molecule has 0 saturated heterocycles. The molecule has 0 saturated carbocycles. The van der Waals surface area contributed by atoms with Crippen LogP contribution in [0, 0.1) is 0 Å². The first-order chi connectivity index (χ1) is 16.2. The second kappa shape index (κ2) is 8.81. The molecule has 0 fully saturated rings. The van der Waals surface area contributed by atoms with Crippen molar-refractivity contribution in [2.45, 2.75) is 57.8 Å². The average Bonchev–Trinajstić information content (AvgIpc) is 3.12. The number of aliphatic carboxylic acids is 1. The van der Waals surface area contributed by atoms with Gasteiger partial charge in [-0.25, -0.2) is 4.79 Å². The monoisotopic (exact) mass is 466 g/mol. The van der Waals surface area contributed by atoms with Crippen LogP contribution in [0.25, 0.3) is 6.08 Å². The van der Waals surface area contributed by atoms with E-state index in [1.165, 1.54) is 0 Å². The molecule has 178 valence electrons. The molecule has 2 unspecified atom stereocenters. The van der Waals surface area contributed by atoms with Crippen molar-refractivity contribution in [2.24, 2.45) is 0 Å². The predicted molar refractivity (Wildman–Crippen MR) is 123 cm³/mol. The summed E-state index contributed by atoms with van der Waals surface area (Å²) >= 11 is 0. The van der Waals surface area contributed by atoms with Crippen molar-refractivity contribution < 1.29 is 29.0 Å². The van der Waals surface area contributed by atoms with Gasteiger partial charge < -0.3 is 24.9 Å². The number of ether oxygens (including phenoxy) is 2. The molecule has 9 nitrogen and oxygen atoms in total. The summed E-state index contributed by atoms with van der Waals surface area (Å²) in [6.45, 7) is 3.76.